The minimum absolute atomic E-state index is 0.235. The average Bonchev–Trinajstić information content (AvgIpc) is 2.31. The summed E-state index contributed by atoms with van der Waals surface area (Å²) in [4.78, 5) is -0.730. The van der Waals surface area contributed by atoms with Crippen molar-refractivity contribution < 1.29 is 13.2 Å². The van der Waals surface area contributed by atoms with Crippen LogP contribution in [0.1, 0.15) is 21.5 Å². The first kappa shape index (κ1) is 14.4. The van der Waals surface area contributed by atoms with E-state index >= 15 is 0 Å². The Morgan fingerprint density at radius 2 is 1.63 bits per heavy atom. The van der Waals surface area contributed by atoms with Crippen LogP contribution in [0.3, 0.4) is 0 Å². The van der Waals surface area contributed by atoms with Gasteiger partial charge in [0, 0.05) is 22.7 Å². The number of alkyl halides is 1. The number of hydrogen-bond acceptors (Lipinski definition) is 0. The fraction of sp³-hybridized carbons (Fsp3) is 0.143. The molecule has 0 bridgehead atoms. The topological polar surface area (TPSA) is 0 Å². The summed E-state index contributed by atoms with van der Waals surface area (Å²) in [7, 11) is 0. The van der Waals surface area contributed by atoms with E-state index in [9.17, 15) is 13.2 Å². The molecule has 2 rings (SSSR count). The van der Waals surface area contributed by atoms with Crippen LogP contribution >= 0.6 is 27.5 Å². The van der Waals surface area contributed by atoms with Crippen molar-refractivity contribution in [3.8, 4) is 0 Å². The molecule has 0 aliphatic carbocycles. The SMILES string of the molecule is Cc1ccc(C(Br)c2c(F)cc(F)cc2F)cc1Cl. The van der Waals surface area contributed by atoms with Gasteiger partial charge >= 0.3 is 0 Å². The van der Waals surface area contributed by atoms with Crippen LogP contribution in [0.4, 0.5) is 13.2 Å². The lowest BCUT2D eigenvalue weighted by Crippen LogP contribution is -2.02. The monoisotopic (exact) mass is 348 g/mol. The molecule has 5 heteroatoms. The van der Waals surface area contributed by atoms with Crippen LogP contribution in [0.25, 0.3) is 0 Å². The Bertz CT molecular complexity index is 605. The standard InChI is InChI=1S/C14H9BrClF3/c1-7-2-3-8(4-10(7)16)14(15)13-11(18)5-9(17)6-12(13)19/h2-6,14H,1H3. The van der Waals surface area contributed by atoms with E-state index in [4.69, 9.17) is 11.6 Å². The van der Waals surface area contributed by atoms with Gasteiger partial charge in [-0.05, 0) is 24.1 Å². The molecule has 19 heavy (non-hydrogen) atoms. The Labute approximate surface area is 122 Å². The Hall–Kier alpha value is -1.00. The summed E-state index contributed by atoms with van der Waals surface area (Å²) in [6.45, 7) is 1.83. The summed E-state index contributed by atoms with van der Waals surface area (Å²) >= 11 is 9.20. The van der Waals surface area contributed by atoms with Gasteiger partial charge in [0.2, 0.25) is 0 Å². The summed E-state index contributed by atoms with van der Waals surface area (Å²) in [5.74, 6) is -2.81. The number of rotatable bonds is 2. The molecule has 1 atom stereocenters. The van der Waals surface area contributed by atoms with Gasteiger partial charge in [0.1, 0.15) is 17.5 Å². The van der Waals surface area contributed by atoms with E-state index in [0.29, 0.717) is 22.7 Å². The molecule has 0 aliphatic heterocycles. The van der Waals surface area contributed by atoms with Gasteiger partial charge in [-0.15, -0.1) is 0 Å². The molecule has 0 amide bonds. The number of benzene rings is 2. The predicted molar refractivity (Wildman–Crippen MR) is 73.3 cm³/mol. The molecule has 0 fully saturated rings. The first-order valence-corrected chi connectivity index (χ1v) is 6.74. The first-order chi connectivity index (χ1) is 8.90. The Balaban J connectivity index is 2.49. The lowest BCUT2D eigenvalue weighted by atomic mass is 10.0. The fourth-order valence-corrected chi connectivity index (χ4v) is 2.64. The minimum atomic E-state index is -0.944. The number of hydrogen-bond donors (Lipinski definition) is 0. The van der Waals surface area contributed by atoms with Gasteiger partial charge < -0.3 is 0 Å². The highest BCUT2D eigenvalue weighted by molar-refractivity contribution is 9.09. The highest BCUT2D eigenvalue weighted by Crippen LogP contribution is 2.36. The van der Waals surface area contributed by atoms with Crippen molar-refractivity contribution in [2.24, 2.45) is 0 Å². The second-order valence-electron chi connectivity index (χ2n) is 4.15. The number of aryl methyl sites for hydroxylation is 1. The molecule has 0 saturated heterocycles. The highest BCUT2D eigenvalue weighted by Gasteiger charge is 2.21. The molecule has 2 aromatic carbocycles. The molecule has 2 aromatic rings. The van der Waals surface area contributed by atoms with Crippen molar-refractivity contribution in [3.05, 3.63) is 69.5 Å². The van der Waals surface area contributed by atoms with E-state index < -0.39 is 22.3 Å². The van der Waals surface area contributed by atoms with Crippen LogP contribution in [0.2, 0.25) is 5.02 Å². The van der Waals surface area contributed by atoms with Gasteiger partial charge in [0.25, 0.3) is 0 Å². The quantitative estimate of drug-likeness (QED) is 0.624. The fourth-order valence-electron chi connectivity index (χ4n) is 1.73. The second kappa shape index (κ2) is 5.55. The van der Waals surface area contributed by atoms with E-state index in [2.05, 4.69) is 15.9 Å². The molecule has 0 saturated carbocycles. The van der Waals surface area contributed by atoms with Crippen LogP contribution in [0, 0.1) is 24.4 Å². The molecular formula is C14H9BrClF3. The lowest BCUT2D eigenvalue weighted by molar-refractivity contribution is 0.527. The van der Waals surface area contributed by atoms with Gasteiger partial charge in [-0.2, -0.15) is 0 Å². The summed E-state index contributed by atoms with van der Waals surface area (Å²) in [6.07, 6.45) is 0. The van der Waals surface area contributed by atoms with Crippen molar-refractivity contribution in [2.45, 2.75) is 11.8 Å². The largest absolute Gasteiger partial charge is 0.207 e. The van der Waals surface area contributed by atoms with Crippen molar-refractivity contribution in [1.29, 1.82) is 0 Å². The van der Waals surface area contributed by atoms with Gasteiger partial charge in [0.15, 0.2) is 0 Å². The van der Waals surface area contributed by atoms with Gasteiger partial charge in [-0.3, -0.25) is 0 Å². The van der Waals surface area contributed by atoms with Crippen LogP contribution in [-0.2, 0) is 0 Å². The summed E-state index contributed by atoms with van der Waals surface area (Å²) in [5.41, 5.74) is 1.23. The third-order valence-electron chi connectivity index (χ3n) is 2.79. The van der Waals surface area contributed by atoms with Gasteiger partial charge in [-0.25, -0.2) is 13.2 Å². The molecule has 0 aromatic heterocycles. The lowest BCUT2D eigenvalue weighted by Gasteiger charge is -2.14. The third kappa shape index (κ3) is 2.95. The maximum atomic E-state index is 13.7. The molecule has 0 nitrogen and oxygen atoms in total. The predicted octanol–water partition coefficient (Wildman–Crippen LogP) is 5.55. The maximum absolute atomic E-state index is 13.7. The van der Waals surface area contributed by atoms with Crippen molar-refractivity contribution in [1.82, 2.24) is 0 Å². The zero-order valence-corrected chi connectivity index (χ0v) is 12.2. The zero-order chi connectivity index (χ0) is 14.2. The summed E-state index contributed by atoms with van der Waals surface area (Å²) < 4.78 is 40.2. The first-order valence-electron chi connectivity index (χ1n) is 5.44. The van der Waals surface area contributed by atoms with Gasteiger partial charge in [0.05, 0.1) is 4.83 Å². The Morgan fingerprint density at radius 3 is 2.16 bits per heavy atom. The van der Waals surface area contributed by atoms with E-state index in [-0.39, 0.29) is 5.56 Å². The van der Waals surface area contributed by atoms with Crippen molar-refractivity contribution >= 4 is 27.5 Å². The Kier molecular flexibility index (Phi) is 4.21. The van der Waals surface area contributed by atoms with Crippen LogP contribution in [-0.4, -0.2) is 0 Å². The van der Waals surface area contributed by atoms with Crippen LogP contribution < -0.4 is 0 Å². The van der Waals surface area contributed by atoms with E-state index in [0.717, 1.165) is 5.56 Å². The van der Waals surface area contributed by atoms with Crippen LogP contribution in [0.15, 0.2) is 30.3 Å². The molecule has 0 N–H and O–H groups in total. The normalized spacial score (nSPS) is 12.5. The van der Waals surface area contributed by atoms with Crippen molar-refractivity contribution in [2.75, 3.05) is 0 Å². The van der Waals surface area contributed by atoms with Crippen molar-refractivity contribution in [3.63, 3.8) is 0 Å². The second-order valence-corrected chi connectivity index (χ2v) is 5.48. The van der Waals surface area contributed by atoms with E-state index in [1.807, 2.05) is 6.92 Å². The molecule has 1 unspecified atom stereocenters. The molecule has 0 aliphatic rings. The molecule has 0 spiro atoms. The third-order valence-corrected chi connectivity index (χ3v) is 4.18. The zero-order valence-electron chi connectivity index (χ0n) is 9.85. The van der Waals surface area contributed by atoms with E-state index in [1.54, 1.807) is 18.2 Å². The summed E-state index contributed by atoms with van der Waals surface area (Å²) in [5, 5.41) is 0.505. The molecule has 0 radical (unpaired) electrons. The number of halogens is 5. The minimum Gasteiger partial charge on any atom is -0.207 e. The average molecular weight is 350 g/mol. The summed E-state index contributed by atoms with van der Waals surface area (Å²) in [6, 6.07) is 6.40. The smallest absolute Gasteiger partial charge is 0.133 e. The van der Waals surface area contributed by atoms with Gasteiger partial charge in [-0.1, -0.05) is 39.7 Å². The molecule has 100 valence electrons. The Morgan fingerprint density at radius 1 is 1.05 bits per heavy atom. The highest BCUT2D eigenvalue weighted by atomic mass is 79.9. The molecule has 0 heterocycles. The van der Waals surface area contributed by atoms with Crippen LogP contribution in [0.5, 0.6) is 0 Å². The molecular weight excluding hydrogens is 341 g/mol. The van der Waals surface area contributed by atoms with E-state index in [1.165, 1.54) is 0 Å². The maximum Gasteiger partial charge on any atom is 0.133 e.